The molecule has 1 aliphatic carbocycles. The third-order valence-corrected chi connectivity index (χ3v) is 4.51. The SMILES string of the molecule is NNC(c1cncc(Br)c1)c1ccccc1C1CCC1. The van der Waals surface area contributed by atoms with E-state index in [-0.39, 0.29) is 6.04 Å². The minimum Gasteiger partial charge on any atom is -0.271 e. The average molecular weight is 332 g/mol. The van der Waals surface area contributed by atoms with Gasteiger partial charge in [-0.25, -0.2) is 5.43 Å². The summed E-state index contributed by atoms with van der Waals surface area (Å²) in [6.45, 7) is 0. The second-order valence-corrected chi connectivity index (χ2v) is 6.21. The zero-order chi connectivity index (χ0) is 13.9. The molecule has 0 amide bonds. The lowest BCUT2D eigenvalue weighted by molar-refractivity contribution is 0.414. The molecule has 0 aliphatic heterocycles. The Hall–Kier alpha value is -1.23. The molecule has 0 saturated heterocycles. The lowest BCUT2D eigenvalue weighted by atomic mass is 9.76. The Morgan fingerprint density at radius 2 is 2.05 bits per heavy atom. The quantitative estimate of drug-likeness (QED) is 0.664. The van der Waals surface area contributed by atoms with Crippen molar-refractivity contribution in [1.29, 1.82) is 0 Å². The number of hydrazine groups is 1. The number of nitrogens with two attached hydrogens (primary N) is 1. The van der Waals surface area contributed by atoms with Crippen molar-refractivity contribution in [3.05, 3.63) is 63.9 Å². The molecule has 3 N–H and O–H groups in total. The molecule has 1 aromatic heterocycles. The second-order valence-electron chi connectivity index (χ2n) is 5.29. The molecule has 1 heterocycles. The molecule has 20 heavy (non-hydrogen) atoms. The monoisotopic (exact) mass is 331 g/mol. The lowest BCUT2D eigenvalue weighted by Gasteiger charge is -2.30. The van der Waals surface area contributed by atoms with Crippen LogP contribution < -0.4 is 11.3 Å². The van der Waals surface area contributed by atoms with Crippen molar-refractivity contribution in [1.82, 2.24) is 10.4 Å². The smallest absolute Gasteiger partial charge is 0.0728 e. The van der Waals surface area contributed by atoms with Gasteiger partial charge in [0.2, 0.25) is 0 Å². The van der Waals surface area contributed by atoms with E-state index < -0.39 is 0 Å². The van der Waals surface area contributed by atoms with Gasteiger partial charge in [-0.05, 0) is 57.4 Å². The summed E-state index contributed by atoms with van der Waals surface area (Å²) >= 11 is 3.47. The summed E-state index contributed by atoms with van der Waals surface area (Å²) < 4.78 is 0.969. The molecule has 0 radical (unpaired) electrons. The molecule has 1 atom stereocenters. The number of nitrogens with one attached hydrogen (secondary N) is 1. The normalized spacial score (nSPS) is 16.7. The average Bonchev–Trinajstić information content (AvgIpc) is 2.40. The van der Waals surface area contributed by atoms with E-state index in [1.54, 1.807) is 6.20 Å². The Bertz CT molecular complexity index is 596. The van der Waals surface area contributed by atoms with Gasteiger partial charge in [0.15, 0.2) is 0 Å². The standard InChI is InChI=1S/C16H18BrN3/c17-13-8-12(9-19-10-13)16(20-18)15-7-2-1-6-14(15)11-4-3-5-11/h1-2,6-11,16,20H,3-5,18H2. The Labute approximate surface area is 127 Å². The predicted octanol–water partition coefficient (Wildman–Crippen LogP) is 3.66. The van der Waals surface area contributed by atoms with Crippen LogP contribution in [0.1, 0.15) is 47.9 Å². The van der Waals surface area contributed by atoms with Crippen LogP contribution in [0.3, 0.4) is 0 Å². The summed E-state index contributed by atoms with van der Waals surface area (Å²) in [6.07, 6.45) is 7.55. The molecule has 1 aromatic carbocycles. The first-order valence-corrected chi connectivity index (χ1v) is 7.74. The Kier molecular flexibility index (Phi) is 4.15. The molecule has 0 bridgehead atoms. The van der Waals surface area contributed by atoms with Gasteiger partial charge in [-0.15, -0.1) is 0 Å². The first kappa shape index (κ1) is 13.7. The molecule has 1 aliphatic rings. The van der Waals surface area contributed by atoms with Crippen LogP contribution in [0.5, 0.6) is 0 Å². The van der Waals surface area contributed by atoms with Crippen molar-refractivity contribution in [3.63, 3.8) is 0 Å². The fourth-order valence-electron chi connectivity index (χ4n) is 2.82. The van der Waals surface area contributed by atoms with Crippen molar-refractivity contribution >= 4 is 15.9 Å². The molecule has 104 valence electrons. The highest BCUT2D eigenvalue weighted by atomic mass is 79.9. The number of rotatable bonds is 4. The number of pyridine rings is 1. The number of hydrogen-bond donors (Lipinski definition) is 2. The number of nitrogens with zero attached hydrogens (tertiary/aromatic N) is 1. The summed E-state index contributed by atoms with van der Waals surface area (Å²) in [4.78, 5) is 4.24. The molecule has 4 heteroatoms. The summed E-state index contributed by atoms with van der Waals surface area (Å²) in [5, 5.41) is 0. The Morgan fingerprint density at radius 1 is 1.25 bits per heavy atom. The number of benzene rings is 1. The van der Waals surface area contributed by atoms with Gasteiger partial charge in [0, 0.05) is 16.9 Å². The van der Waals surface area contributed by atoms with Crippen LogP contribution in [0.2, 0.25) is 0 Å². The molecule has 3 nitrogen and oxygen atoms in total. The van der Waals surface area contributed by atoms with Gasteiger partial charge in [-0.3, -0.25) is 10.8 Å². The fraction of sp³-hybridized carbons (Fsp3) is 0.312. The maximum atomic E-state index is 5.82. The van der Waals surface area contributed by atoms with Crippen LogP contribution in [0.4, 0.5) is 0 Å². The Morgan fingerprint density at radius 3 is 2.70 bits per heavy atom. The highest BCUT2D eigenvalue weighted by Gasteiger charge is 2.25. The van der Waals surface area contributed by atoms with E-state index in [2.05, 4.69) is 56.7 Å². The van der Waals surface area contributed by atoms with Crippen molar-refractivity contribution in [3.8, 4) is 0 Å². The van der Waals surface area contributed by atoms with Crippen LogP contribution in [0, 0.1) is 0 Å². The maximum Gasteiger partial charge on any atom is 0.0728 e. The van der Waals surface area contributed by atoms with Crippen LogP contribution >= 0.6 is 15.9 Å². The van der Waals surface area contributed by atoms with Gasteiger partial charge in [0.1, 0.15) is 0 Å². The summed E-state index contributed by atoms with van der Waals surface area (Å²) in [5.41, 5.74) is 6.70. The lowest BCUT2D eigenvalue weighted by Crippen LogP contribution is -2.30. The van der Waals surface area contributed by atoms with Gasteiger partial charge in [0.25, 0.3) is 0 Å². The van der Waals surface area contributed by atoms with Crippen molar-refractivity contribution in [2.75, 3.05) is 0 Å². The summed E-state index contributed by atoms with van der Waals surface area (Å²) in [7, 11) is 0. The van der Waals surface area contributed by atoms with Gasteiger partial charge in [0.05, 0.1) is 6.04 Å². The largest absolute Gasteiger partial charge is 0.271 e. The molecular weight excluding hydrogens is 314 g/mol. The van der Waals surface area contributed by atoms with E-state index in [1.807, 2.05) is 6.20 Å². The zero-order valence-corrected chi connectivity index (χ0v) is 12.8. The first-order valence-electron chi connectivity index (χ1n) is 6.95. The molecule has 1 saturated carbocycles. The predicted molar refractivity (Wildman–Crippen MR) is 84.1 cm³/mol. The van der Waals surface area contributed by atoms with Gasteiger partial charge in [-0.2, -0.15) is 0 Å². The van der Waals surface area contributed by atoms with E-state index in [4.69, 9.17) is 5.84 Å². The van der Waals surface area contributed by atoms with E-state index in [1.165, 1.54) is 30.4 Å². The number of hydrogen-bond acceptors (Lipinski definition) is 3. The van der Waals surface area contributed by atoms with Crippen LogP contribution in [-0.2, 0) is 0 Å². The van der Waals surface area contributed by atoms with E-state index in [0.717, 1.165) is 10.0 Å². The first-order chi connectivity index (χ1) is 9.79. The third kappa shape index (κ3) is 2.64. The third-order valence-electron chi connectivity index (χ3n) is 4.08. The van der Waals surface area contributed by atoms with E-state index in [9.17, 15) is 0 Å². The van der Waals surface area contributed by atoms with Crippen LogP contribution in [-0.4, -0.2) is 4.98 Å². The van der Waals surface area contributed by atoms with Crippen molar-refractivity contribution in [2.24, 2.45) is 5.84 Å². The Balaban J connectivity index is 2.01. The minimum absolute atomic E-state index is 0.0169. The highest BCUT2D eigenvalue weighted by molar-refractivity contribution is 9.10. The minimum atomic E-state index is -0.0169. The van der Waals surface area contributed by atoms with E-state index >= 15 is 0 Å². The number of halogens is 1. The maximum absolute atomic E-state index is 5.82. The molecule has 3 rings (SSSR count). The molecule has 2 aromatic rings. The van der Waals surface area contributed by atoms with Gasteiger partial charge < -0.3 is 0 Å². The highest BCUT2D eigenvalue weighted by Crippen LogP contribution is 2.40. The summed E-state index contributed by atoms with van der Waals surface area (Å²) in [6, 6.07) is 10.6. The topological polar surface area (TPSA) is 50.9 Å². The molecule has 1 unspecified atom stereocenters. The summed E-state index contributed by atoms with van der Waals surface area (Å²) in [5.74, 6) is 6.50. The molecule has 0 spiro atoms. The molecular formula is C16H18BrN3. The number of aromatic nitrogens is 1. The van der Waals surface area contributed by atoms with Crippen molar-refractivity contribution in [2.45, 2.75) is 31.2 Å². The van der Waals surface area contributed by atoms with Crippen molar-refractivity contribution < 1.29 is 0 Å². The van der Waals surface area contributed by atoms with E-state index in [0.29, 0.717) is 5.92 Å². The zero-order valence-electron chi connectivity index (χ0n) is 11.2. The fourth-order valence-corrected chi connectivity index (χ4v) is 3.20. The second kappa shape index (κ2) is 6.04. The van der Waals surface area contributed by atoms with Crippen LogP contribution in [0.25, 0.3) is 0 Å². The van der Waals surface area contributed by atoms with Gasteiger partial charge in [-0.1, -0.05) is 30.7 Å². The van der Waals surface area contributed by atoms with Crippen LogP contribution in [0.15, 0.2) is 47.2 Å². The van der Waals surface area contributed by atoms with Gasteiger partial charge >= 0.3 is 0 Å². The molecule has 1 fully saturated rings.